The van der Waals surface area contributed by atoms with Crippen LogP contribution in [0.1, 0.15) is 29.0 Å². The molecule has 1 aliphatic rings. The van der Waals surface area contributed by atoms with Gasteiger partial charge in [-0.25, -0.2) is 0 Å². The number of rotatable bonds is 7. The monoisotopic (exact) mass is 429 g/mol. The number of thiophene rings is 1. The molecular weight excluding hydrogens is 401 g/mol. The van der Waals surface area contributed by atoms with Gasteiger partial charge in [-0.15, -0.1) is 36.2 Å². The summed E-state index contributed by atoms with van der Waals surface area (Å²) in [5.74, 6) is 0.0924. The molecule has 2 aromatic rings. The van der Waals surface area contributed by atoms with Gasteiger partial charge < -0.3 is 10.6 Å². The first-order valence-electron chi connectivity index (χ1n) is 8.95. The Morgan fingerprint density at radius 1 is 1.19 bits per heavy atom. The van der Waals surface area contributed by atoms with Crippen LogP contribution in [0.5, 0.6) is 0 Å². The summed E-state index contributed by atoms with van der Waals surface area (Å²) in [4.78, 5) is 16.3. The second-order valence-corrected chi connectivity index (χ2v) is 7.72. The van der Waals surface area contributed by atoms with Crippen molar-refractivity contribution < 1.29 is 4.79 Å². The number of carbonyl (C=O) groups is 1. The standard InChI is InChI=1S/C20H27N3OS.2ClH/c1-15(12-21-2)20(24)22-13-18(16-6-4-3-5-7-16)23-10-8-19-17(14-23)9-11-25-19;;/h3-7,9,11,15,18,21H,8,10,12-14H2,1-2H3,(H,22,24);2*1H. The van der Waals surface area contributed by atoms with Crippen molar-refractivity contribution in [3.63, 3.8) is 0 Å². The SMILES string of the molecule is CNCC(C)C(=O)NCC(c1ccccc1)N1CCc2sccc2C1.Cl.Cl. The van der Waals surface area contributed by atoms with E-state index in [9.17, 15) is 4.79 Å². The van der Waals surface area contributed by atoms with E-state index in [1.54, 1.807) is 0 Å². The van der Waals surface area contributed by atoms with Crippen LogP contribution in [0.25, 0.3) is 0 Å². The van der Waals surface area contributed by atoms with E-state index in [1.807, 2.05) is 31.4 Å². The van der Waals surface area contributed by atoms with Crippen LogP contribution < -0.4 is 10.6 Å². The van der Waals surface area contributed by atoms with Gasteiger partial charge in [0.25, 0.3) is 0 Å². The van der Waals surface area contributed by atoms with Crippen molar-refractivity contribution in [3.8, 4) is 0 Å². The molecule has 0 bridgehead atoms. The van der Waals surface area contributed by atoms with E-state index in [0.29, 0.717) is 13.1 Å². The highest BCUT2D eigenvalue weighted by molar-refractivity contribution is 7.10. The zero-order valence-electron chi connectivity index (χ0n) is 15.8. The third-order valence-corrected chi connectivity index (χ3v) is 5.91. The quantitative estimate of drug-likeness (QED) is 0.705. The lowest BCUT2D eigenvalue weighted by Crippen LogP contribution is -2.42. The normalized spacial score (nSPS) is 15.6. The molecule has 4 nitrogen and oxygen atoms in total. The van der Waals surface area contributed by atoms with Gasteiger partial charge in [0.05, 0.1) is 6.04 Å². The van der Waals surface area contributed by atoms with Gasteiger partial charge in [-0.3, -0.25) is 9.69 Å². The summed E-state index contributed by atoms with van der Waals surface area (Å²) in [5, 5.41) is 8.42. The maximum Gasteiger partial charge on any atom is 0.224 e. The molecule has 0 spiro atoms. The fraction of sp³-hybridized carbons (Fsp3) is 0.450. The first-order chi connectivity index (χ1) is 12.2. The van der Waals surface area contributed by atoms with Gasteiger partial charge in [0.2, 0.25) is 5.91 Å². The van der Waals surface area contributed by atoms with Crippen molar-refractivity contribution in [1.82, 2.24) is 15.5 Å². The van der Waals surface area contributed by atoms with E-state index in [0.717, 1.165) is 19.5 Å². The van der Waals surface area contributed by atoms with Crippen LogP contribution in [-0.4, -0.2) is 37.5 Å². The highest BCUT2D eigenvalue weighted by atomic mass is 35.5. The summed E-state index contributed by atoms with van der Waals surface area (Å²) in [6, 6.07) is 13.0. The molecular formula is C20H29Cl2N3OS. The molecule has 0 saturated carbocycles. The molecule has 0 radical (unpaired) electrons. The molecule has 7 heteroatoms. The number of halogens is 2. The van der Waals surface area contributed by atoms with Crippen LogP contribution in [0.15, 0.2) is 41.8 Å². The lowest BCUT2D eigenvalue weighted by atomic mass is 10.0. The molecule has 1 amide bonds. The number of amides is 1. The van der Waals surface area contributed by atoms with Gasteiger partial charge >= 0.3 is 0 Å². The maximum absolute atomic E-state index is 12.3. The summed E-state index contributed by atoms with van der Waals surface area (Å²) in [6.45, 7) is 5.30. The number of nitrogens with one attached hydrogen (secondary N) is 2. The lowest BCUT2D eigenvalue weighted by molar-refractivity contribution is -0.124. The van der Waals surface area contributed by atoms with Crippen molar-refractivity contribution in [2.24, 2.45) is 5.92 Å². The number of carbonyl (C=O) groups excluding carboxylic acids is 1. The van der Waals surface area contributed by atoms with Crippen LogP contribution >= 0.6 is 36.2 Å². The second kappa shape index (κ2) is 11.7. The van der Waals surface area contributed by atoms with E-state index in [-0.39, 0.29) is 42.7 Å². The summed E-state index contributed by atoms with van der Waals surface area (Å²) in [6.07, 6.45) is 1.10. The van der Waals surface area contributed by atoms with E-state index in [1.165, 1.54) is 16.0 Å². The van der Waals surface area contributed by atoms with Crippen molar-refractivity contribution in [2.45, 2.75) is 25.9 Å². The molecule has 2 unspecified atom stereocenters. The minimum atomic E-state index is -0.0220. The average molecular weight is 430 g/mol. The number of hydrogen-bond donors (Lipinski definition) is 2. The first-order valence-corrected chi connectivity index (χ1v) is 9.83. The molecule has 1 aromatic carbocycles. The van der Waals surface area contributed by atoms with Crippen LogP contribution in [0.4, 0.5) is 0 Å². The molecule has 27 heavy (non-hydrogen) atoms. The topological polar surface area (TPSA) is 44.4 Å². The number of fused-ring (bicyclic) bond motifs is 1. The molecule has 2 atom stereocenters. The Balaban J connectivity index is 0.00000182. The van der Waals surface area contributed by atoms with Gasteiger partial charge in [-0.05, 0) is 36.0 Å². The van der Waals surface area contributed by atoms with E-state index >= 15 is 0 Å². The van der Waals surface area contributed by atoms with Gasteiger partial charge in [0.15, 0.2) is 0 Å². The maximum atomic E-state index is 12.3. The fourth-order valence-electron chi connectivity index (χ4n) is 3.44. The molecule has 2 heterocycles. The Kier molecular flexibility index (Phi) is 10.3. The minimum Gasteiger partial charge on any atom is -0.354 e. The highest BCUT2D eigenvalue weighted by Crippen LogP contribution is 2.30. The second-order valence-electron chi connectivity index (χ2n) is 6.72. The number of nitrogens with zero attached hydrogens (tertiary/aromatic N) is 1. The molecule has 1 aromatic heterocycles. The molecule has 2 N–H and O–H groups in total. The minimum absolute atomic E-state index is 0. The Bertz CT molecular complexity index is 696. The summed E-state index contributed by atoms with van der Waals surface area (Å²) in [5.41, 5.74) is 2.70. The van der Waals surface area contributed by atoms with E-state index in [4.69, 9.17) is 0 Å². The Morgan fingerprint density at radius 3 is 2.63 bits per heavy atom. The third kappa shape index (κ3) is 6.19. The Morgan fingerprint density at radius 2 is 1.93 bits per heavy atom. The van der Waals surface area contributed by atoms with Gasteiger partial charge in [0.1, 0.15) is 0 Å². The molecule has 150 valence electrons. The fourth-order valence-corrected chi connectivity index (χ4v) is 4.33. The van der Waals surface area contributed by atoms with E-state index < -0.39 is 0 Å². The van der Waals surface area contributed by atoms with Crippen molar-refractivity contribution in [1.29, 1.82) is 0 Å². The molecule has 0 fully saturated rings. The van der Waals surface area contributed by atoms with Crippen LogP contribution in [0.3, 0.4) is 0 Å². The van der Waals surface area contributed by atoms with Gasteiger partial charge in [-0.2, -0.15) is 0 Å². The van der Waals surface area contributed by atoms with Gasteiger partial charge in [0, 0.05) is 37.0 Å². The van der Waals surface area contributed by atoms with Crippen molar-refractivity contribution >= 4 is 42.1 Å². The zero-order chi connectivity index (χ0) is 17.6. The first kappa shape index (κ1) is 23.9. The lowest BCUT2D eigenvalue weighted by Gasteiger charge is -2.35. The summed E-state index contributed by atoms with van der Waals surface area (Å²) >= 11 is 1.86. The van der Waals surface area contributed by atoms with Gasteiger partial charge in [-0.1, -0.05) is 37.3 Å². The van der Waals surface area contributed by atoms with Crippen molar-refractivity contribution in [2.75, 3.05) is 26.7 Å². The number of hydrogen-bond acceptors (Lipinski definition) is 4. The van der Waals surface area contributed by atoms with Crippen molar-refractivity contribution in [3.05, 3.63) is 57.8 Å². The predicted molar refractivity (Wildman–Crippen MR) is 118 cm³/mol. The summed E-state index contributed by atoms with van der Waals surface area (Å²) < 4.78 is 0. The molecule has 3 rings (SSSR count). The summed E-state index contributed by atoms with van der Waals surface area (Å²) in [7, 11) is 1.88. The Hall–Kier alpha value is -1.11. The van der Waals surface area contributed by atoms with E-state index in [2.05, 4.69) is 51.2 Å². The predicted octanol–water partition coefficient (Wildman–Crippen LogP) is 3.66. The molecule has 1 aliphatic heterocycles. The number of benzene rings is 1. The molecule has 0 aliphatic carbocycles. The van der Waals surface area contributed by atoms with Crippen LogP contribution in [0.2, 0.25) is 0 Å². The van der Waals surface area contributed by atoms with Crippen LogP contribution in [-0.2, 0) is 17.8 Å². The average Bonchev–Trinajstić information content (AvgIpc) is 3.10. The Labute approximate surface area is 178 Å². The third-order valence-electron chi connectivity index (χ3n) is 4.89. The smallest absolute Gasteiger partial charge is 0.224 e. The molecule has 0 saturated heterocycles. The zero-order valence-corrected chi connectivity index (χ0v) is 18.3. The highest BCUT2D eigenvalue weighted by Gasteiger charge is 2.26. The van der Waals surface area contributed by atoms with Crippen LogP contribution in [0, 0.1) is 5.92 Å². The largest absolute Gasteiger partial charge is 0.354 e.